The monoisotopic (exact) mass is 267 g/mol. The minimum absolute atomic E-state index is 0.0690. The van der Waals surface area contributed by atoms with Crippen LogP contribution < -0.4 is 5.32 Å². The lowest BCUT2D eigenvalue weighted by atomic mass is 10.0. The Morgan fingerprint density at radius 3 is 3.11 bits per heavy atom. The Balaban J connectivity index is 1.98. The highest BCUT2D eigenvalue weighted by Gasteiger charge is 2.20. The summed E-state index contributed by atoms with van der Waals surface area (Å²) in [5.74, 6) is -0.0690. The number of nitrogens with one attached hydrogen (secondary N) is 1. The van der Waals surface area contributed by atoms with E-state index in [0.29, 0.717) is 18.2 Å². The van der Waals surface area contributed by atoms with Crippen LogP contribution in [-0.2, 0) is 0 Å². The lowest BCUT2D eigenvalue weighted by molar-refractivity contribution is 0.0775. The molecule has 0 bridgehead atoms. The molecule has 1 unspecified atom stereocenters. The van der Waals surface area contributed by atoms with Gasteiger partial charge in [-0.1, -0.05) is 18.0 Å². The summed E-state index contributed by atoms with van der Waals surface area (Å²) >= 11 is 5.93. The Kier molecular flexibility index (Phi) is 4.55. The summed E-state index contributed by atoms with van der Waals surface area (Å²) in [6, 6.07) is 3.83. The highest BCUT2D eigenvalue weighted by molar-refractivity contribution is 6.32. The van der Waals surface area contributed by atoms with Crippen molar-refractivity contribution in [3.63, 3.8) is 0 Å². The van der Waals surface area contributed by atoms with E-state index < -0.39 is 0 Å². The number of pyridine rings is 1. The smallest absolute Gasteiger partial charge is 0.256 e. The minimum atomic E-state index is -0.0690. The molecule has 98 valence electrons. The summed E-state index contributed by atoms with van der Waals surface area (Å²) < 4.78 is 0. The van der Waals surface area contributed by atoms with E-state index in [1.165, 1.54) is 12.8 Å². The molecule has 1 fully saturated rings. The topological polar surface area (TPSA) is 45.2 Å². The zero-order chi connectivity index (χ0) is 13.0. The SMILES string of the molecule is CN(CC1CCCCN1)C(=O)c1cccnc1Cl. The van der Waals surface area contributed by atoms with Gasteiger partial charge in [-0.2, -0.15) is 0 Å². The quantitative estimate of drug-likeness (QED) is 0.852. The van der Waals surface area contributed by atoms with Crippen molar-refractivity contribution in [3.8, 4) is 0 Å². The van der Waals surface area contributed by atoms with Crippen LogP contribution in [-0.4, -0.2) is 42.0 Å². The number of halogens is 1. The van der Waals surface area contributed by atoms with Gasteiger partial charge in [0, 0.05) is 25.8 Å². The fraction of sp³-hybridized carbons (Fsp3) is 0.538. The normalized spacial score (nSPS) is 19.6. The first-order valence-electron chi connectivity index (χ1n) is 6.28. The Morgan fingerprint density at radius 2 is 2.44 bits per heavy atom. The highest BCUT2D eigenvalue weighted by atomic mass is 35.5. The first-order chi connectivity index (χ1) is 8.68. The Morgan fingerprint density at radius 1 is 1.61 bits per heavy atom. The summed E-state index contributed by atoms with van der Waals surface area (Å²) in [5.41, 5.74) is 0.470. The van der Waals surface area contributed by atoms with Gasteiger partial charge >= 0.3 is 0 Å². The average Bonchev–Trinajstić information content (AvgIpc) is 2.39. The summed E-state index contributed by atoms with van der Waals surface area (Å²) in [6.07, 6.45) is 5.16. The van der Waals surface area contributed by atoms with Crippen LogP contribution in [0.1, 0.15) is 29.6 Å². The summed E-state index contributed by atoms with van der Waals surface area (Å²) in [7, 11) is 1.81. The van der Waals surface area contributed by atoms with Crippen molar-refractivity contribution < 1.29 is 4.79 Å². The maximum Gasteiger partial charge on any atom is 0.256 e. The zero-order valence-electron chi connectivity index (χ0n) is 10.5. The molecule has 0 radical (unpaired) electrons. The van der Waals surface area contributed by atoms with E-state index in [1.807, 2.05) is 7.05 Å². The van der Waals surface area contributed by atoms with Crippen LogP contribution in [0.5, 0.6) is 0 Å². The Bertz CT molecular complexity index is 418. The molecule has 1 aliphatic rings. The van der Waals surface area contributed by atoms with Gasteiger partial charge < -0.3 is 10.2 Å². The second-order valence-electron chi connectivity index (χ2n) is 4.67. The third kappa shape index (κ3) is 3.21. The van der Waals surface area contributed by atoms with E-state index >= 15 is 0 Å². The molecule has 0 spiro atoms. The highest BCUT2D eigenvalue weighted by Crippen LogP contribution is 2.15. The van der Waals surface area contributed by atoms with Gasteiger partial charge in [-0.15, -0.1) is 0 Å². The molecule has 2 heterocycles. The number of likely N-dealkylation sites (N-methyl/N-ethyl adjacent to an activating group) is 1. The second-order valence-corrected chi connectivity index (χ2v) is 5.03. The first-order valence-corrected chi connectivity index (χ1v) is 6.65. The van der Waals surface area contributed by atoms with Gasteiger partial charge in [0.1, 0.15) is 5.15 Å². The maximum absolute atomic E-state index is 12.2. The van der Waals surface area contributed by atoms with Crippen LogP contribution in [0.25, 0.3) is 0 Å². The van der Waals surface area contributed by atoms with Crippen molar-refractivity contribution in [1.82, 2.24) is 15.2 Å². The van der Waals surface area contributed by atoms with E-state index in [1.54, 1.807) is 23.2 Å². The van der Waals surface area contributed by atoms with E-state index in [4.69, 9.17) is 11.6 Å². The number of rotatable bonds is 3. The Labute approximate surface area is 112 Å². The van der Waals surface area contributed by atoms with Crippen molar-refractivity contribution in [2.75, 3.05) is 20.1 Å². The van der Waals surface area contributed by atoms with E-state index in [-0.39, 0.29) is 11.1 Å². The molecule has 1 aromatic heterocycles. The van der Waals surface area contributed by atoms with Gasteiger partial charge in [-0.3, -0.25) is 4.79 Å². The molecule has 1 N–H and O–H groups in total. The fourth-order valence-electron chi connectivity index (χ4n) is 2.24. The number of hydrogen-bond acceptors (Lipinski definition) is 3. The Hall–Kier alpha value is -1.13. The zero-order valence-corrected chi connectivity index (χ0v) is 11.3. The van der Waals surface area contributed by atoms with Crippen molar-refractivity contribution in [1.29, 1.82) is 0 Å². The molecule has 4 nitrogen and oxygen atoms in total. The van der Waals surface area contributed by atoms with Gasteiger partial charge in [0.15, 0.2) is 0 Å². The number of carbonyl (C=O) groups is 1. The predicted octanol–water partition coefficient (Wildman–Crippen LogP) is 1.95. The standard InChI is InChI=1S/C13H18ClN3O/c1-17(9-10-5-2-3-7-15-10)13(18)11-6-4-8-16-12(11)14/h4,6,8,10,15H,2-3,5,7,9H2,1H3. The van der Waals surface area contributed by atoms with Crippen LogP contribution >= 0.6 is 11.6 Å². The minimum Gasteiger partial charge on any atom is -0.340 e. The number of aromatic nitrogens is 1. The molecule has 1 amide bonds. The third-order valence-corrected chi connectivity index (χ3v) is 3.54. The second kappa shape index (κ2) is 6.16. The number of amides is 1. The molecule has 0 aliphatic carbocycles. The molecule has 0 aromatic carbocycles. The summed E-state index contributed by atoms with van der Waals surface area (Å²) in [4.78, 5) is 17.9. The largest absolute Gasteiger partial charge is 0.340 e. The average molecular weight is 268 g/mol. The van der Waals surface area contributed by atoms with Gasteiger partial charge in [-0.05, 0) is 31.5 Å². The third-order valence-electron chi connectivity index (χ3n) is 3.24. The van der Waals surface area contributed by atoms with Crippen molar-refractivity contribution >= 4 is 17.5 Å². The fourth-order valence-corrected chi connectivity index (χ4v) is 2.44. The van der Waals surface area contributed by atoms with Gasteiger partial charge in [0.05, 0.1) is 5.56 Å². The van der Waals surface area contributed by atoms with E-state index in [2.05, 4.69) is 10.3 Å². The number of carbonyl (C=O) groups excluding carboxylic acids is 1. The lowest BCUT2D eigenvalue weighted by Crippen LogP contribution is -2.44. The number of piperidine rings is 1. The molecular weight excluding hydrogens is 250 g/mol. The molecule has 2 rings (SSSR count). The summed E-state index contributed by atoms with van der Waals surface area (Å²) in [6.45, 7) is 1.75. The molecule has 1 aliphatic heterocycles. The van der Waals surface area contributed by atoms with Gasteiger partial charge in [0.25, 0.3) is 5.91 Å². The van der Waals surface area contributed by atoms with Crippen molar-refractivity contribution in [3.05, 3.63) is 29.0 Å². The van der Waals surface area contributed by atoms with Crippen LogP contribution in [0.2, 0.25) is 5.15 Å². The molecule has 1 atom stereocenters. The number of nitrogens with zero attached hydrogens (tertiary/aromatic N) is 2. The number of hydrogen-bond donors (Lipinski definition) is 1. The van der Waals surface area contributed by atoms with Crippen molar-refractivity contribution in [2.24, 2.45) is 0 Å². The molecule has 5 heteroatoms. The predicted molar refractivity (Wildman–Crippen MR) is 71.8 cm³/mol. The molecule has 18 heavy (non-hydrogen) atoms. The molecule has 1 saturated heterocycles. The first kappa shape index (κ1) is 13.3. The van der Waals surface area contributed by atoms with Crippen molar-refractivity contribution in [2.45, 2.75) is 25.3 Å². The van der Waals surface area contributed by atoms with Crippen LogP contribution in [0.3, 0.4) is 0 Å². The van der Waals surface area contributed by atoms with Crippen LogP contribution in [0.15, 0.2) is 18.3 Å². The van der Waals surface area contributed by atoms with E-state index in [9.17, 15) is 4.79 Å². The van der Waals surface area contributed by atoms with Gasteiger partial charge in [-0.25, -0.2) is 4.98 Å². The molecular formula is C13H18ClN3O. The van der Waals surface area contributed by atoms with E-state index in [0.717, 1.165) is 13.0 Å². The van der Waals surface area contributed by atoms with Crippen LogP contribution in [0, 0.1) is 0 Å². The molecule has 1 aromatic rings. The van der Waals surface area contributed by atoms with Gasteiger partial charge in [0.2, 0.25) is 0 Å². The molecule has 0 saturated carbocycles. The van der Waals surface area contributed by atoms with Crippen LogP contribution in [0.4, 0.5) is 0 Å². The summed E-state index contributed by atoms with van der Waals surface area (Å²) in [5, 5.41) is 3.70. The lowest BCUT2D eigenvalue weighted by Gasteiger charge is -2.28. The maximum atomic E-state index is 12.2.